The molecule has 0 spiro atoms. The number of thiophene rings is 1. The molecule has 1 rings (SSSR count). The average Bonchev–Trinajstić information content (AvgIpc) is 2.54. The number of halogens is 2. The van der Waals surface area contributed by atoms with Gasteiger partial charge in [0.05, 0.1) is 9.90 Å². The number of hydrogen-bond acceptors (Lipinski definition) is 2. The molecule has 1 aromatic heterocycles. The van der Waals surface area contributed by atoms with Crippen molar-refractivity contribution in [1.82, 2.24) is 5.32 Å². The molecular formula is C11H15Cl2NOS. The Kier molecular flexibility index (Phi) is 5.59. The smallest absolute Gasteiger partial charge is 0.261 e. The van der Waals surface area contributed by atoms with Gasteiger partial charge in [-0.1, -0.05) is 37.0 Å². The van der Waals surface area contributed by atoms with E-state index in [-0.39, 0.29) is 5.91 Å². The van der Waals surface area contributed by atoms with Gasteiger partial charge >= 0.3 is 0 Å². The topological polar surface area (TPSA) is 29.1 Å². The second-order valence-corrected chi connectivity index (χ2v) is 6.09. The third kappa shape index (κ3) is 4.32. The molecule has 0 radical (unpaired) electrons. The SMILES string of the molecule is CC(C)CCCNC(=O)c1cc(Cl)c(Cl)s1. The summed E-state index contributed by atoms with van der Waals surface area (Å²) >= 11 is 12.8. The molecule has 0 aliphatic carbocycles. The van der Waals surface area contributed by atoms with Crippen molar-refractivity contribution in [3.8, 4) is 0 Å². The lowest BCUT2D eigenvalue weighted by molar-refractivity contribution is 0.0956. The molecule has 0 fully saturated rings. The van der Waals surface area contributed by atoms with Crippen molar-refractivity contribution >= 4 is 40.4 Å². The highest BCUT2D eigenvalue weighted by atomic mass is 35.5. The molecule has 0 saturated carbocycles. The second-order valence-electron chi connectivity index (χ2n) is 4.02. The average molecular weight is 280 g/mol. The van der Waals surface area contributed by atoms with Gasteiger partial charge in [0.1, 0.15) is 4.34 Å². The molecule has 1 aromatic rings. The zero-order valence-corrected chi connectivity index (χ0v) is 11.7. The van der Waals surface area contributed by atoms with Crippen LogP contribution >= 0.6 is 34.5 Å². The second kappa shape index (κ2) is 6.48. The summed E-state index contributed by atoms with van der Waals surface area (Å²) in [4.78, 5) is 12.2. The molecule has 90 valence electrons. The van der Waals surface area contributed by atoms with Crippen molar-refractivity contribution in [3.63, 3.8) is 0 Å². The highest BCUT2D eigenvalue weighted by molar-refractivity contribution is 7.18. The molecule has 2 nitrogen and oxygen atoms in total. The maximum absolute atomic E-state index is 11.6. The standard InChI is InChI=1S/C11H15Cl2NOS/c1-7(2)4-3-5-14-11(15)9-6-8(12)10(13)16-9/h6-7H,3-5H2,1-2H3,(H,14,15). The lowest BCUT2D eigenvalue weighted by Crippen LogP contribution is -2.23. The van der Waals surface area contributed by atoms with Gasteiger partial charge in [-0.05, 0) is 24.8 Å². The van der Waals surface area contributed by atoms with Crippen LogP contribution in [-0.2, 0) is 0 Å². The van der Waals surface area contributed by atoms with E-state index in [0.29, 0.717) is 26.7 Å². The van der Waals surface area contributed by atoms with E-state index in [1.54, 1.807) is 6.07 Å². The van der Waals surface area contributed by atoms with Crippen LogP contribution in [-0.4, -0.2) is 12.5 Å². The van der Waals surface area contributed by atoms with Crippen LogP contribution in [0.5, 0.6) is 0 Å². The molecule has 0 bridgehead atoms. The van der Waals surface area contributed by atoms with Crippen LogP contribution in [0.2, 0.25) is 9.36 Å². The maximum atomic E-state index is 11.6. The van der Waals surface area contributed by atoms with Gasteiger partial charge in [0.25, 0.3) is 5.91 Å². The van der Waals surface area contributed by atoms with Gasteiger partial charge in [-0.3, -0.25) is 4.79 Å². The number of amides is 1. The molecule has 0 atom stereocenters. The fourth-order valence-electron chi connectivity index (χ4n) is 1.26. The quantitative estimate of drug-likeness (QED) is 0.804. The first-order valence-electron chi connectivity index (χ1n) is 5.23. The third-order valence-corrected chi connectivity index (χ3v) is 3.98. The highest BCUT2D eigenvalue weighted by Crippen LogP contribution is 2.31. The number of carbonyl (C=O) groups is 1. The van der Waals surface area contributed by atoms with Crippen LogP contribution in [0.4, 0.5) is 0 Å². The molecule has 1 heterocycles. The first kappa shape index (κ1) is 13.8. The number of nitrogens with one attached hydrogen (secondary N) is 1. The molecule has 1 N–H and O–H groups in total. The van der Waals surface area contributed by atoms with E-state index in [4.69, 9.17) is 23.2 Å². The Bertz CT molecular complexity index is 343. The van der Waals surface area contributed by atoms with Crippen molar-refractivity contribution in [3.05, 3.63) is 20.3 Å². The Hall–Kier alpha value is -0.250. The van der Waals surface area contributed by atoms with Crippen molar-refractivity contribution in [2.75, 3.05) is 6.54 Å². The molecule has 0 aromatic carbocycles. The zero-order chi connectivity index (χ0) is 12.1. The van der Waals surface area contributed by atoms with E-state index >= 15 is 0 Å². The van der Waals surface area contributed by atoms with E-state index < -0.39 is 0 Å². The molecule has 0 saturated heterocycles. The Balaban J connectivity index is 2.35. The third-order valence-electron chi connectivity index (χ3n) is 2.11. The van der Waals surface area contributed by atoms with Gasteiger partial charge in [0.15, 0.2) is 0 Å². The Morgan fingerprint density at radius 2 is 2.19 bits per heavy atom. The maximum Gasteiger partial charge on any atom is 0.261 e. The van der Waals surface area contributed by atoms with Gasteiger partial charge in [0.2, 0.25) is 0 Å². The van der Waals surface area contributed by atoms with Gasteiger partial charge < -0.3 is 5.32 Å². The van der Waals surface area contributed by atoms with Gasteiger partial charge in [-0.2, -0.15) is 0 Å². The summed E-state index contributed by atoms with van der Waals surface area (Å²) in [6.45, 7) is 5.03. The van der Waals surface area contributed by atoms with Crippen molar-refractivity contribution in [2.24, 2.45) is 5.92 Å². The first-order chi connectivity index (χ1) is 7.50. The normalized spacial score (nSPS) is 10.8. The summed E-state index contributed by atoms with van der Waals surface area (Å²) in [7, 11) is 0. The van der Waals surface area contributed by atoms with Crippen molar-refractivity contribution < 1.29 is 4.79 Å². The summed E-state index contributed by atoms with van der Waals surface area (Å²) in [5.41, 5.74) is 0. The molecule has 0 unspecified atom stereocenters. The Labute approximate surface area is 110 Å². The van der Waals surface area contributed by atoms with E-state index in [0.717, 1.165) is 12.8 Å². The molecule has 5 heteroatoms. The minimum Gasteiger partial charge on any atom is -0.351 e. The molecule has 0 aliphatic rings. The van der Waals surface area contributed by atoms with E-state index in [1.165, 1.54) is 11.3 Å². The highest BCUT2D eigenvalue weighted by Gasteiger charge is 2.11. The van der Waals surface area contributed by atoms with Crippen LogP contribution in [0.15, 0.2) is 6.07 Å². The van der Waals surface area contributed by atoms with Gasteiger partial charge in [-0.25, -0.2) is 0 Å². The number of hydrogen-bond donors (Lipinski definition) is 1. The van der Waals surface area contributed by atoms with E-state index in [9.17, 15) is 4.79 Å². The lowest BCUT2D eigenvalue weighted by Gasteiger charge is -2.05. The largest absolute Gasteiger partial charge is 0.351 e. The summed E-state index contributed by atoms with van der Waals surface area (Å²) in [5.74, 6) is 0.574. The Morgan fingerprint density at radius 3 is 2.69 bits per heavy atom. The minimum atomic E-state index is -0.0949. The lowest BCUT2D eigenvalue weighted by atomic mass is 10.1. The molecular weight excluding hydrogens is 265 g/mol. The first-order valence-corrected chi connectivity index (χ1v) is 6.81. The van der Waals surface area contributed by atoms with Crippen LogP contribution in [0.1, 0.15) is 36.4 Å². The minimum absolute atomic E-state index is 0.0949. The molecule has 1 amide bonds. The van der Waals surface area contributed by atoms with Crippen LogP contribution < -0.4 is 5.32 Å². The van der Waals surface area contributed by atoms with Crippen LogP contribution in [0, 0.1) is 5.92 Å². The summed E-state index contributed by atoms with van der Waals surface area (Å²) < 4.78 is 0.467. The van der Waals surface area contributed by atoms with Crippen LogP contribution in [0.25, 0.3) is 0 Å². The fraction of sp³-hybridized carbons (Fsp3) is 0.545. The van der Waals surface area contributed by atoms with Crippen molar-refractivity contribution in [2.45, 2.75) is 26.7 Å². The zero-order valence-electron chi connectivity index (χ0n) is 9.35. The summed E-state index contributed by atoms with van der Waals surface area (Å²) in [6.07, 6.45) is 2.11. The van der Waals surface area contributed by atoms with E-state index in [2.05, 4.69) is 19.2 Å². The summed E-state index contributed by atoms with van der Waals surface area (Å²) in [5, 5.41) is 3.29. The molecule has 0 aliphatic heterocycles. The number of rotatable bonds is 5. The van der Waals surface area contributed by atoms with Crippen molar-refractivity contribution in [1.29, 1.82) is 0 Å². The Morgan fingerprint density at radius 1 is 1.50 bits per heavy atom. The summed E-state index contributed by atoms with van der Waals surface area (Å²) in [6, 6.07) is 1.60. The number of carbonyl (C=O) groups excluding carboxylic acids is 1. The molecule has 16 heavy (non-hydrogen) atoms. The van der Waals surface area contributed by atoms with E-state index in [1.807, 2.05) is 0 Å². The monoisotopic (exact) mass is 279 g/mol. The predicted octanol–water partition coefficient (Wildman–Crippen LogP) is 4.22. The van der Waals surface area contributed by atoms with Gasteiger partial charge in [0, 0.05) is 6.54 Å². The fourth-order valence-corrected chi connectivity index (χ4v) is 2.54. The van der Waals surface area contributed by atoms with Gasteiger partial charge in [-0.15, -0.1) is 11.3 Å². The van der Waals surface area contributed by atoms with Crippen LogP contribution in [0.3, 0.4) is 0 Å². The predicted molar refractivity (Wildman–Crippen MR) is 70.7 cm³/mol.